The topological polar surface area (TPSA) is 81.4 Å². The molecule has 1 aromatic heterocycles. The molecule has 3 aromatic carbocycles. The minimum absolute atomic E-state index is 0.0131. The normalized spacial score (nSPS) is 11.7. The molecule has 0 unspecified atom stereocenters. The summed E-state index contributed by atoms with van der Waals surface area (Å²) < 4.78 is 4.49. The van der Waals surface area contributed by atoms with E-state index in [1.807, 2.05) is 0 Å². The van der Waals surface area contributed by atoms with E-state index >= 15 is 0 Å². The number of halogens is 1. The monoisotopic (exact) mass is 312 g/mol. The summed E-state index contributed by atoms with van der Waals surface area (Å²) in [6, 6.07) is 7.53. The fraction of sp³-hybridized carbons (Fsp3) is 0. The SMILES string of the molecule is O=c1oc(=O)c2c(Cl)c3c(=O)c4ccccc4c(=O)c3cc12. The van der Waals surface area contributed by atoms with E-state index in [1.54, 1.807) is 12.1 Å². The second-order valence-corrected chi connectivity index (χ2v) is 5.29. The number of hydrogen-bond donors (Lipinski definition) is 0. The average molecular weight is 313 g/mol. The molecule has 0 N–H and O–H groups in total. The van der Waals surface area contributed by atoms with Crippen molar-refractivity contribution >= 4 is 43.9 Å². The number of fused-ring (bicyclic) bond motifs is 3. The van der Waals surface area contributed by atoms with Gasteiger partial charge in [0, 0.05) is 16.2 Å². The number of benzene rings is 3. The molecule has 0 spiro atoms. The largest absolute Gasteiger partial charge is 0.386 e. The van der Waals surface area contributed by atoms with Gasteiger partial charge in [-0.05, 0) is 6.07 Å². The Morgan fingerprint density at radius 1 is 0.727 bits per heavy atom. The molecule has 4 rings (SSSR count). The van der Waals surface area contributed by atoms with Gasteiger partial charge in [-0.15, -0.1) is 0 Å². The van der Waals surface area contributed by atoms with Gasteiger partial charge in [0.15, 0.2) is 10.9 Å². The van der Waals surface area contributed by atoms with E-state index in [0.29, 0.717) is 0 Å². The van der Waals surface area contributed by atoms with Crippen LogP contribution in [-0.2, 0) is 0 Å². The van der Waals surface area contributed by atoms with Crippen molar-refractivity contribution in [2.45, 2.75) is 0 Å². The zero-order chi connectivity index (χ0) is 15.6. The Labute approximate surface area is 125 Å². The Morgan fingerprint density at radius 2 is 1.36 bits per heavy atom. The van der Waals surface area contributed by atoms with Crippen LogP contribution in [0.1, 0.15) is 0 Å². The van der Waals surface area contributed by atoms with Crippen LogP contribution in [0.3, 0.4) is 0 Å². The molecule has 0 aliphatic carbocycles. The molecule has 0 fully saturated rings. The first kappa shape index (κ1) is 12.9. The highest BCUT2D eigenvalue weighted by molar-refractivity contribution is 6.41. The van der Waals surface area contributed by atoms with Crippen LogP contribution in [0.25, 0.3) is 32.3 Å². The third kappa shape index (κ3) is 1.43. The second-order valence-electron chi connectivity index (χ2n) is 4.92. The first-order chi connectivity index (χ1) is 10.5. The Morgan fingerprint density at radius 3 is 2.05 bits per heavy atom. The van der Waals surface area contributed by atoms with E-state index < -0.39 is 22.1 Å². The van der Waals surface area contributed by atoms with Crippen LogP contribution in [0.5, 0.6) is 0 Å². The van der Waals surface area contributed by atoms with Crippen LogP contribution in [0.4, 0.5) is 0 Å². The fourth-order valence-corrected chi connectivity index (χ4v) is 3.13. The van der Waals surface area contributed by atoms with E-state index in [0.717, 1.165) is 0 Å². The molecule has 0 amide bonds. The molecular formula is C16H5ClO5. The molecule has 0 aliphatic rings. The van der Waals surface area contributed by atoms with Crippen LogP contribution in [0.15, 0.2) is 53.9 Å². The summed E-state index contributed by atoms with van der Waals surface area (Å²) >= 11 is 6.13. The maximum Gasteiger partial charge on any atom is 0.348 e. The molecule has 22 heavy (non-hydrogen) atoms. The van der Waals surface area contributed by atoms with Gasteiger partial charge in [0.2, 0.25) is 0 Å². The van der Waals surface area contributed by atoms with Gasteiger partial charge < -0.3 is 4.42 Å². The van der Waals surface area contributed by atoms with Crippen LogP contribution in [-0.4, -0.2) is 0 Å². The van der Waals surface area contributed by atoms with Crippen molar-refractivity contribution in [3.8, 4) is 0 Å². The van der Waals surface area contributed by atoms with Crippen molar-refractivity contribution in [3.05, 3.63) is 76.6 Å². The van der Waals surface area contributed by atoms with Crippen molar-refractivity contribution < 1.29 is 4.42 Å². The van der Waals surface area contributed by atoms with Crippen molar-refractivity contribution in [2.24, 2.45) is 0 Å². The zero-order valence-corrected chi connectivity index (χ0v) is 11.6. The number of hydrogen-bond acceptors (Lipinski definition) is 5. The molecule has 0 aliphatic heterocycles. The van der Waals surface area contributed by atoms with E-state index in [9.17, 15) is 19.2 Å². The molecule has 5 nitrogen and oxygen atoms in total. The summed E-state index contributed by atoms with van der Waals surface area (Å²) in [5.41, 5.74) is -2.65. The summed E-state index contributed by atoms with van der Waals surface area (Å²) in [6.07, 6.45) is 0. The minimum atomic E-state index is -0.910. The standard InChI is InChI=1S/C16H5ClO5/c17-12-10-8(5-9-11(12)16(21)22-15(9)20)13(18)6-3-1-2-4-7(6)14(10)19/h1-5H. The van der Waals surface area contributed by atoms with Gasteiger partial charge in [0.1, 0.15) is 0 Å². The lowest BCUT2D eigenvalue weighted by molar-refractivity contribution is 0.500. The summed E-state index contributed by atoms with van der Waals surface area (Å²) in [5.74, 6) is 0. The van der Waals surface area contributed by atoms with E-state index in [4.69, 9.17) is 11.6 Å². The van der Waals surface area contributed by atoms with E-state index in [2.05, 4.69) is 4.42 Å². The van der Waals surface area contributed by atoms with Crippen LogP contribution in [0.2, 0.25) is 5.02 Å². The third-order valence-corrected chi connectivity index (χ3v) is 4.14. The molecular weight excluding hydrogens is 308 g/mol. The summed E-state index contributed by atoms with van der Waals surface area (Å²) in [5, 5.41) is -0.0421. The molecule has 0 bridgehead atoms. The van der Waals surface area contributed by atoms with Gasteiger partial charge in [-0.2, -0.15) is 0 Å². The smallest absolute Gasteiger partial charge is 0.348 e. The Hall–Kier alpha value is -2.79. The van der Waals surface area contributed by atoms with Gasteiger partial charge >= 0.3 is 11.3 Å². The van der Waals surface area contributed by atoms with Gasteiger partial charge in [-0.3, -0.25) is 9.59 Å². The van der Waals surface area contributed by atoms with Crippen LogP contribution in [0, 0.1) is 0 Å². The lowest BCUT2D eigenvalue weighted by Gasteiger charge is -2.02. The van der Waals surface area contributed by atoms with Gasteiger partial charge in [-0.1, -0.05) is 35.9 Å². The number of furan rings is 1. The minimum Gasteiger partial charge on any atom is -0.386 e. The Kier molecular flexibility index (Phi) is 2.41. The maximum absolute atomic E-state index is 12.6. The first-order valence-electron chi connectivity index (χ1n) is 6.32. The summed E-state index contributed by atoms with van der Waals surface area (Å²) in [4.78, 5) is 48.5. The highest BCUT2D eigenvalue weighted by Gasteiger charge is 2.20. The molecule has 6 heteroatoms. The first-order valence-corrected chi connectivity index (χ1v) is 6.70. The van der Waals surface area contributed by atoms with E-state index in [1.165, 1.54) is 18.2 Å². The van der Waals surface area contributed by atoms with Gasteiger partial charge in [0.25, 0.3) is 0 Å². The van der Waals surface area contributed by atoms with Crippen molar-refractivity contribution in [3.63, 3.8) is 0 Å². The van der Waals surface area contributed by atoms with Crippen LogP contribution >= 0.6 is 11.6 Å². The predicted octanol–water partition coefficient (Wildman–Crippen LogP) is 1.71. The molecule has 0 saturated carbocycles. The Balaban J connectivity index is 2.51. The second kappa shape index (κ2) is 4.11. The Bertz CT molecular complexity index is 1310. The molecule has 4 aromatic rings. The summed E-state index contributed by atoms with van der Waals surface area (Å²) in [6.45, 7) is 0. The maximum atomic E-state index is 12.6. The van der Waals surface area contributed by atoms with Crippen LogP contribution < -0.4 is 22.1 Å². The zero-order valence-electron chi connectivity index (χ0n) is 10.8. The van der Waals surface area contributed by atoms with Gasteiger partial charge in [-0.25, -0.2) is 9.59 Å². The molecule has 0 saturated heterocycles. The summed E-state index contributed by atoms with van der Waals surface area (Å²) in [7, 11) is 0. The fourth-order valence-electron chi connectivity index (χ4n) is 2.76. The lowest BCUT2D eigenvalue weighted by atomic mass is 10.00. The van der Waals surface area contributed by atoms with Crippen molar-refractivity contribution in [1.82, 2.24) is 0 Å². The van der Waals surface area contributed by atoms with Crippen molar-refractivity contribution in [1.29, 1.82) is 0 Å². The number of rotatable bonds is 0. The van der Waals surface area contributed by atoms with Crippen molar-refractivity contribution in [2.75, 3.05) is 0 Å². The highest BCUT2D eigenvalue weighted by atomic mass is 35.5. The quantitative estimate of drug-likeness (QED) is 0.462. The predicted molar refractivity (Wildman–Crippen MR) is 83.7 cm³/mol. The third-order valence-electron chi connectivity index (χ3n) is 3.76. The average Bonchev–Trinajstić information content (AvgIpc) is 2.79. The molecule has 0 radical (unpaired) electrons. The highest BCUT2D eigenvalue weighted by Crippen LogP contribution is 2.27. The lowest BCUT2D eigenvalue weighted by Crippen LogP contribution is -2.14. The molecule has 1 heterocycles. The molecule has 0 atom stereocenters. The molecule has 106 valence electrons. The van der Waals surface area contributed by atoms with E-state index in [-0.39, 0.29) is 37.3 Å². The van der Waals surface area contributed by atoms with Gasteiger partial charge in [0.05, 0.1) is 21.2 Å².